The van der Waals surface area contributed by atoms with Crippen LogP contribution in [-0.4, -0.2) is 26.1 Å². The Balaban J connectivity index is 1.60. The van der Waals surface area contributed by atoms with Crippen molar-refractivity contribution in [3.05, 3.63) is 45.6 Å². The Labute approximate surface area is 147 Å². The number of nitrogens with one attached hydrogen (secondary N) is 2. The van der Waals surface area contributed by atoms with Gasteiger partial charge in [-0.05, 0) is 32.9 Å². The van der Waals surface area contributed by atoms with Gasteiger partial charge in [-0.2, -0.15) is 5.10 Å². The van der Waals surface area contributed by atoms with Gasteiger partial charge in [0.2, 0.25) is 0 Å². The average molecular weight is 363 g/mol. The summed E-state index contributed by atoms with van der Waals surface area (Å²) in [5, 5.41) is 11.2. The number of rotatable bonds is 6. The number of furan rings is 1. The third kappa shape index (κ3) is 3.85. The molecule has 1 amide bonds. The highest BCUT2D eigenvalue weighted by atomic mass is 32.2. The van der Waals surface area contributed by atoms with Gasteiger partial charge in [-0.1, -0.05) is 11.8 Å². The van der Waals surface area contributed by atoms with E-state index in [1.807, 2.05) is 20.8 Å². The Morgan fingerprint density at radius 3 is 2.96 bits per heavy atom. The molecule has 3 aromatic rings. The third-order valence-corrected chi connectivity index (χ3v) is 5.13. The molecule has 24 heavy (non-hydrogen) atoms. The molecule has 0 bridgehead atoms. The van der Waals surface area contributed by atoms with E-state index in [2.05, 4.69) is 25.5 Å². The van der Waals surface area contributed by atoms with Crippen LogP contribution in [0.15, 0.2) is 28.0 Å². The highest BCUT2D eigenvalue weighted by molar-refractivity contribution is 7.98. The second kappa shape index (κ2) is 7.18. The van der Waals surface area contributed by atoms with E-state index in [-0.39, 0.29) is 11.9 Å². The summed E-state index contributed by atoms with van der Waals surface area (Å²) in [5.41, 5.74) is 0.901. The van der Waals surface area contributed by atoms with Crippen LogP contribution in [0.4, 0.5) is 0 Å². The fourth-order valence-corrected chi connectivity index (χ4v) is 3.85. The van der Waals surface area contributed by atoms with Gasteiger partial charge in [-0.3, -0.25) is 9.89 Å². The second-order valence-corrected chi connectivity index (χ2v) is 7.59. The minimum atomic E-state index is -0.247. The minimum Gasteiger partial charge on any atom is -0.455 e. The standard InChI is InChI=1S/C15H17N5O2S2/c1-8(13-9(2)24-10(3)19-13)18-14(21)12-5-4-11(22-12)6-23-15-16-7-17-20-15/h4-5,7-8H,6H2,1-3H3,(H,18,21)(H,16,17,20)/t8-/m1/s1. The molecule has 0 radical (unpaired) electrons. The lowest BCUT2D eigenvalue weighted by Gasteiger charge is -2.11. The Morgan fingerprint density at radius 2 is 2.29 bits per heavy atom. The van der Waals surface area contributed by atoms with Gasteiger partial charge >= 0.3 is 0 Å². The first kappa shape index (κ1) is 16.7. The first-order valence-electron chi connectivity index (χ1n) is 7.34. The number of thioether (sulfide) groups is 1. The van der Waals surface area contributed by atoms with Crippen LogP contribution < -0.4 is 5.32 Å². The number of nitrogens with zero attached hydrogens (tertiary/aromatic N) is 3. The van der Waals surface area contributed by atoms with Crippen molar-refractivity contribution in [3.8, 4) is 0 Å². The van der Waals surface area contributed by atoms with Crippen molar-refractivity contribution in [2.45, 2.75) is 37.7 Å². The molecule has 0 aliphatic rings. The molecular weight excluding hydrogens is 346 g/mol. The molecule has 3 aromatic heterocycles. The van der Waals surface area contributed by atoms with Gasteiger partial charge in [0.1, 0.15) is 12.1 Å². The Morgan fingerprint density at radius 1 is 1.46 bits per heavy atom. The quantitative estimate of drug-likeness (QED) is 0.653. The van der Waals surface area contributed by atoms with E-state index in [1.165, 1.54) is 18.1 Å². The molecule has 0 saturated carbocycles. The molecule has 0 aromatic carbocycles. The van der Waals surface area contributed by atoms with Crippen molar-refractivity contribution in [2.75, 3.05) is 0 Å². The van der Waals surface area contributed by atoms with Gasteiger partial charge in [-0.25, -0.2) is 9.97 Å². The van der Waals surface area contributed by atoms with Crippen molar-refractivity contribution in [3.63, 3.8) is 0 Å². The topological polar surface area (TPSA) is 96.7 Å². The number of aromatic amines is 1. The molecule has 7 nitrogen and oxygen atoms in total. The fourth-order valence-electron chi connectivity index (χ4n) is 2.26. The zero-order chi connectivity index (χ0) is 17.1. The lowest BCUT2D eigenvalue weighted by atomic mass is 10.2. The van der Waals surface area contributed by atoms with Gasteiger partial charge in [0.25, 0.3) is 5.91 Å². The molecule has 2 N–H and O–H groups in total. The summed E-state index contributed by atoms with van der Waals surface area (Å²) in [6.45, 7) is 5.89. The maximum absolute atomic E-state index is 12.3. The first-order chi connectivity index (χ1) is 11.5. The summed E-state index contributed by atoms with van der Waals surface area (Å²) in [4.78, 5) is 21.9. The van der Waals surface area contributed by atoms with E-state index < -0.39 is 0 Å². The van der Waals surface area contributed by atoms with E-state index in [0.29, 0.717) is 22.4 Å². The number of aromatic nitrogens is 4. The van der Waals surface area contributed by atoms with Gasteiger partial charge < -0.3 is 9.73 Å². The number of hydrogen-bond donors (Lipinski definition) is 2. The molecule has 0 fully saturated rings. The van der Waals surface area contributed by atoms with Crippen molar-refractivity contribution in [2.24, 2.45) is 0 Å². The monoisotopic (exact) mass is 363 g/mol. The molecule has 0 spiro atoms. The fraction of sp³-hybridized carbons (Fsp3) is 0.333. The van der Waals surface area contributed by atoms with Crippen molar-refractivity contribution < 1.29 is 9.21 Å². The van der Waals surface area contributed by atoms with Crippen LogP contribution in [0.25, 0.3) is 0 Å². The number of aryl methyl sites for hydroxylation is 2. The Kier molecular flexibility index (Phi) is 5.00. The zero-order valence-corrected chi connectivity index (χ0v) is 15.1. The largest absolute Gasteiger partial charge is 0.455 e. The van der Waals surface area contributed by atoms with E-state index in [4.69, 9.17) is 4.42 Å². The van der Waals surface area contributed by atoms with Crippen LogP contribution in [0, 0.1) is 13.8 Å². The summed E-state index contributed by atoms with van der Waals surface area (Å²) in [7, 11) is 0. The lowest BCUT2D eigenvalue weighted by Crippen LogP contribution is -2.26. The second-order valence-electron chi connectivity index (χ2n) is 5.21. The van der Waals surface area contributed by atoms with Crippen LogP contribution in [0.2, 0.25) is 0 Å². The van der Waals surface area contributed by atoms with Crippen molar-refractivity contribution in [1.82, 2.24) is 25.5 Å². The van der Waals surface area contributed by atoms with E-state index in [0.717, 1.165) is 15.6 Å². The summed E-state index contributed by atoms with van der Waals surface area (Å²) in [6, 6.07) is 3.30. The van der Waals surface area contributed by atoms with E-state index in [9.17, 15) is 4.79 Å². The summed E-state index contributed by atoms with van der Waals surface area (Å²) < 4.78 is 5.60. The SMILES string of the molecule is Cc1nc([C@@H](C)NC(=O)c2ccc(CSc3ncn[nH]3)o2)c(C)s1. The number of H-pyrrole nitrogens is 1. The zero-order valence-electron chi connectivity index (χ0n) is 13.5. The molecule has 3 heterocycles. The summed E-state index contributed by atoms with van der Waals surface area (Å²) >= 11 is 3.08. The normalized spacial score (nSPS) is 12.3. The van der Waals surface area contributed by atoms with E-state index >= 15 is 0 Å². The number of carbonyl (C=O) groups excluding carboxylic acids is 1. The summed E-state index contributed by atoms with van der Waals surface area (Å²) in [6.07, 6.45) is 1.45. The maximum Gasteiger partial charge on any atom is 0.287 e. The Bertz CT molecular complexity index is 825. The van der Waals surface area contributed by atoms with Crippen LogP contribution in [0.3, 0.4) is 0 Å². The van der Waals surface area contributed by atoms with Gasteiger partial charge in [0.15, 0.2) is 10.9 Å². The van der Waals surface area contributed by atoms with Crippen molar-refractivity contribution >= 4 is 29.0 Å². The minimum absolute atomic E-state index is 0.167. The third-order valence-electron chi connectivity index (χ3n) is 3.33. The highest BCUT2D eigenvalue weighted by Crippen LogP contribution is 2.23. The molecule has 0 aliphatic carbocycles. The van der Waals surface area contributed by atoms with Crippen molar-refractivity contribution in [1.29, 1.82) is 0 Å². The molecule has 1 atom stereocenters. The van der Waals surface area contributed by atoms with Gasteiger partial charge in [-0.15, -0.1) is 11.3 Å². The first-order valence-corrected chi connectivity index (χ1v) is 9.15. The molecule has 0 unspecified atom stereocenters. The smallest absolute Gasteiger partial charge is 0.287 e. The highest BCUT2D eigenvalue weighted by Gasteiger charge is 2.18. The molecule has 0 saturated heterocycles. The van der Waals surface area contributed by atoms with Gasteiger partial charge in [0, 0.05) is 4.88 Å². The molecule has 9 heteroatoms. The number of carbonyl (C=O) groups is 1. The van der Waals surface area contributed by atoms with Gasteiger partial charge in [0.05, 0.1) is 22.5 Å². The molecule has 0 aliphatic heterocycles. The van der Waals surface area contributed by atoms with Crippen LogP contribution in [-0.2, 0) is 5.75 Å². The van der Waals surface area contributed by atoms with Crippen LogP contribution in [0.1, 0.15) is 44.9 Å². The molecular formula is C15H17N5O2S2. The molecule has 3 rings (SSSR count). The van der Waals surface area contributed by atoms with E-state index in [1.54, 1.807) is 23.5 Å². The Hall–Kier alpha value is -2.13. The predicted molar refractivity (Wildman–Crippen MR) is 92.1 cm³/mol. The van der Waals surface area contributed by atoms with Crippen LogP contribution >= 0.6 is 23.1 Å². The van der Waals surface area contributed by atoms with Crippen LogP contribution in [0.5, 0.6) is 0 Å². The predicted octanol–water partition coefficient (Wildman–Crippen LogP) is 3.25. The average Bonchev–Trinajstić information content (AvgIpc) is 3.25. The number of hydrogen-bond acceptors (Lipinski definition) is 7. The molecule has 126 valence electrons. The maximum atomic E-state index is 12.3. The summed E-state index contributed by atoms with van der Waals surface area (Å²) in [5.74, 6) is 1.32. The number of amides is 1. The number of thiazole rings is 1. The lowest BCUT2D eigenvalue weighted by molar-refractivity contribution is 0.0909.